The lowest BCUT2D eigenvalue weighted by atomic mass is 9.71. The predicted molar refractivity (Wildman–Crippen MR) is 549 cm³/mol. The molecule has 0 aromatic carbocycles. The van der Waals surface area contributed by atoms with E-state index in [1.54, 1.807) is 6.92 Å². The molecule has 11 atom stereocenters. The first-order chi connectivity index (χ1) is 55.8. The van der Waals surface area contributed by atoms with Crippen molar-refractivity contribution in [2.75, 3.05) is 58.3 Å². The van der Waals surface area contributed by atoms with E-state index in [0.29, 0.717) is 123 Å². The van der Waals surface area contributed by atoms with E-state index in [9.17, 15) is 57.0 Å². The minimum atomic E-state index is -4.31. The third-order valence-electron chi connectivity index (χ3n) is 30.9. The summed E-state index contributed by atoms with van der Waals surface area (Å²) in [7, 11) is -2.82. The maximum absolute atomic E-state index is 12.8. The fourth-order valence-electron chi connectivity index (χ4n) is 14.2. The molecule has 766 valence electrons. The van der Waals surface area contributed by atoms with Gasteiger partial charge in [-0.1, -0.05) is 413 Å². The number of sulfone groups is 1. The lowest BCUT2D eigenvalue weighted by Crippen LogP contribution is -2.45. The summed E-state index contributed by atoms with van der Waals surface area (Å²) >= 11 is 0. The first-order valence-corrected chi connectivity index (χ1v) is 52.6. The van der Waals surface area contributed by atoms with Crippen LogP contribution in [0, 0.1) is 113 Å². The maximum atomic E-state index is 12.8. The summed E-state index contributed by atoms with van der Waals surface area (Å²) in [6.45, 7) is 88.8. The molecule has 0 fully saturated rings. The van der Waals surface area contributed by atoms with Crippen molar-refractivity contribution >= 4 is 15.6 Å². The van der Waals surface area contributed by atoms with Crippen molar-refractivity contribution in [3.05, 3.63) is 0 Å². The Labute approximate surface area is 779 Å². The number of alkyl halides is 3. The van der Waals surface area contributed by atoms with Gasteiger partial charge in [-0.25, -0.2) is 8.42 Å². The van der Waals surface area contributed by atoms with E-state index in [4.69, 9.17) is 10.2 Å². The van der Waals surface area contributed by atoms with Gasteiger partial charge in [-0.15, -0.1) is 0 Å². The Kier molecular flexibility index (Phi) is 96.6. The van der Waals surface area contributed by atoms with E-state index in [-0.39, 0.29) is 70.7 Å². The molecule has 15 heteroatoms. The van der Waals surface area contributed by atoms with Crippen molar-refractivity contribution in [1.82, 2.24) is 0 Å². The Hall–Kier alpha value is -0.910. The lowest BCUT2D eigenvalue weighted by molar-refractivity contribution is -0.254. The Balaban J connectivity index is -0.000000112. The molecule has 0 saturated carbocycles. The van der Waals surface area contributed by atoms with Crippen molar-refractivity contribution in [3.63, 3.8) is 0 Å². The molecule has 0 aromatic rings. The van der Waals surface area contributed by atoms with Gasteiger partial charge in [-0.3, -0.25) is 0 Å². The molecule has 0 rings (SSSR count). The SMILES string of the molecule is C.C.CCCCC(C)(CO)C(C)C.CCCCC(CC)(CO)C(C)C.CCCCC[C@](C)(CO)C(C)C.CCCC[C@@](C)(CCS(C)(=O)=O)C(C)C.CCCC[C@@](C)(CO)C(C)C.CCCC[C@@](CO)(C(C)C)C(F)(F)F.CCCC[C@](C)(C(C)C)C(C)O.CCCC[C@](C)(CCC(C)=O)C(C)C.CCCC[C@](C)(CO)C(C)C.CCC[C@@](C)(CO)C(C)C. The van der Waals surface area contributed by atoms with Crippen LogP contribution in [0.3, 0.4) is 0 Å². The van der Waals surface area contributed by atoms with Gasteiger partial charge in [0.15, 0.2) is 0 Å². The van der Waals surface area contributed by atoms with Gasteiger partial charge in [0.05, 0.1) is 23.9 Å². The molecule has 3 unspecified atom stereocenters. The van der Waals surface area contributed by atoms with Crippen molar-refractivity contribution < 1.29 is 67.2 Å². The molecule has 0 bridgehead atoms. The maximum Gasteiger partial charge on any atom is 0.396 e. The van der Waals surface area contributed by atoms with Gasteiger partial charge in [0.2, 0.25) is 0 Å². The van der Waals surface area contributed by atoms with E-state index >= 15 is 0 Å². The van der Waals surface area contributed by atoms with Crippen LogP contribution < -0.4 is 0 Å². The number of Topliss-reactive ketones (excluding diaryl/α,β-unsaturated/α-hetero) is 1. The van der Waals surface area contributed by atoms with E-state index in [0.717, 1.165) is 77.0 Å². The van der Waals surface area contributed by atoms with Gasteiger partial charge >= 0.3 is 6.18 Å². The molecule has 0 amide bonds. The lowest BCUT2D eigenvalue weighted by Gasteiger charge is -2.37. The van der Waals surface area contributed by atoms with E-state index < -0.39 is 34.0 Å². The number of aliphatic hydroxyl groups is 8. The van der Waals surface area contributed by atoms with E-state index in [2.05, 4.69) is 249 Å². The Bertz CT molecular complexity index is 2300. The average Bonchev–Trinajstić information content (AvgIpc) is 0.788. The summed E-state index contributed by atoms with van der Waals surface area (Å²) < 4.78 is 60.7. The molecule has 8 N–H and O–H groups in total. The highest BCUT2D eigenvalue weighted by Crippen LogP contribution is 2.48. The third-order valence-corrected chi connectivity index (χ3v) is 31.8. The van der Waals surface area contributed by atoms with Crippen LogP contribution in [0.25, 0.3) is 0 Å². The van der Waals surface area contributed by atoms with Crippen LogP contribution in [0.15, 0.2) is 0 Å². The van der Waals surface area contributed by atoms with Crippen LogP contribution in [0.4, 0.5) is 13.2 Å². The number of ketones is 1. The number of carbonyl (C=O) groups is 1. The monoisotopic (exact) mass is 1810 g/mol. The van der Waals surface area contributed by atoms with Gasteiger partial charge in [-0.05, 0) is 205 Å². The summed E-state index contributed by atoms with van der Waals surface area (Å²) in [5, 5.41) is 73.9. The first kappa shape index (κ1) is 149. The second-order valence-electron chi connectivity index (χ2n) is 43.4. The van der Waals surface area contributed by atoms with Crippen LogP contribution in [0.1, 0.15) is 517 Å². The molecule has 0 aliphatic carbocycles. The summed E-state index contributed by atoms with van der Waals surface area (Å²) in [6, 6.07) is 0. The fraction of sp³-hybridized carbons (Fsp3) is 0.991. The number of carbonyl (C=O) groups excluding carboxylic acids is 1. The zero-order valence-corrected chi connectivity index (χ0v) is 91.2. The summed E-state index contributed by atoms with van der Waals surface area (Å²) in [5.41, 5.74) is -0.332. The molecule has 0 heterocycles. The van der Waals surface area contributed by atoms with Crippen molar-refractivity contribution in [2.24, 2.45) is 113 Å². The van der Waals surface area contributed by atoms with Crippen molar-refractivity contribution in [2.45, 2.75) is 529 Å². The molecule has 0 radical (unpaired) electrons. The van der Waals surface area contributed by atoms with E-state index in [1.807, 2.05) is 13.8 Å². The highest BCUT2D eigenvalue weighted by Gasteiger charge is 2.55. The topological polar surface area (TPSA) is 213 Å². The number of hydrogen-bond acceptors (Lipinski definition) is 11. The number of aliphatic hydroxyl groups excluding tert-OH is 8. The third kappa shape index (κ3) is 67.3. The van der Waals surface area contributed by atoms with Crippen LogP contribution >= 0.6 is 0 Å². The minimum Gasteiger partial charge on any atom is -0.396 e. The summed E-state index contributed by atoms with van der Waals surface area (Å²) in [5.74, 6) is 5.36. The highest BCUT2D eigenvalue weighted by atomic mass is 32.2. The minimum absolute atomic E-state index is 0. The molecule has 124 heavy (non-hydrogen) atoms. The predicted octanol–water partition coefficient (Wildman–Crippen LogP) is 32.7. The molecular weight excluding hydrogens is 1570 g/mol. The number of unbranched alkanes of at least 4 members (excludes halogenated alkanes) is 10. The van der Waals surface area contributed by atoms with Gasteiger partial charge < -0.3 is 45.6 Å². The number of rotatable bonds is 55. The van der Waals surface area contributed by atoms with Gasteiger partial charge in [-0.2, -0.15) is 13.2 Å². The Morgan fingerprint density at radius 3 is 0.726 bits per heavy atom. The molecule has 11 nitrogen and oxygen atoms in total. The fourth-order valence-corrected chi connectivity index (χ4v) is 15.0. The zero-order valence-electron chi connectivity index (χ0n) is 90.4. The Morgan fingerprint density at radius 1 is 0.290 bits per heavy atom. The van der Waals surface area contributed by atoms with Crippen LogP contribution in [-0.2, 0) is 14.6 Å². The highest BCUT2D eigenvalue weighted by molar-refractivity contribution is 7.90. The number of hydrogen-bond donors (Lipinski definition) is 8. The van der Waals surface area contributed by atoms with Crippen molar-refractivity contribution in [1.29, 1.82) is 0 Å². The molecular formula is C109H237F3O11S. The van der Waals surface area contributed by atoms with Gasteiger partial charge in [0, 0.05) is 52.3 Å². The zero-order chi connectivity index (χ0) is 98.6. The number of halogens is 3. The average molecular weight is 1810 g/mol. The first-order valence-electron chi connectivity index (χ1n) is 50.5. The quantitative estimate of drug-likeness (QED) is 0.0268. The Morgan fingerprint density at radius 2 is 0.540 bits per heavy atom. The molecule has 0 aliphatic heterocycles. The second kappa shape index (κ2) is 80.5. The van der Waals surface area contributed by atoms with Crippen molar-refractivity contribution in [3.8, 4) is 0 Å². The van der Waals surface area contributed by atoms with E-state index in [1.165, 1.54) is 142 Å². The largest absolute Gasteiger partial charge is 0.396 e. The molecule has 0 saturated heterocycles. The molecule has 0 aliphatic rings. The summed E-state index contributed by atoms with van der Waals surface area (Å²) in [4.78, 5) is 11.0. The smallest absolute Gasteiger partial charge is 0.396 e. The molecule has 0 spiro atoms. The second-order valence-corrected chi connectivity index (χ2v) is 45.7. The summed E-state index contributed by atoms with van der Waals surface area (Å²) in [6.07, 6.45) is 34.4. The van der Waals surface area contributed by atoms with Crippen LogP contribution in [0.5, 0.6) is 0 Å². The van der Waals surface area contributed by atoms with Gasteiger partial charge in [0.1, 0.15) is 15.6 Å². The molecule has 0 aromatic heterocycles. The standard InChI is InChI=1S/C13H26O.C12H26O2S.3C11H24O.C10H19F3O.3C10H22O.C9H20O.2CH4/c1-6-7-9-13(5,11(2)3)10-8-12(4)14;1-6-7-8-12(4,11(2)3)9-10-15(5,13)14;1-6-7-8-11(5,9(2)3)10(4)12;1-5-6-7-8-11(4,9-12)10(2)3;1-5-7-8-11(6-2,9-12)10(3)4;1-4-5-6-9(7-14,8(2)3)10(11,12)13;3*1-5-6-7-10(4,8-11)9(2)3;1-5-6-9(4,7-10)8(2)3;;/h11H,6-10H2,1-5H3;11H,6-10H2,1-5H3;9-10,12H,6-8H2,1-5H3;2*10,12H,5-9H2,1-4H3;8,14H,4-7H2,1-3H3;3*9,11H,5-8H2,1-4H3;8,10H,5-7H2,1-4H3;2*1H4/t13-;12-;10?,11-;11-;;9-;2*10-;;9-;;/m1011.110.0../s1. The normalized spacial score (nSPS) is 16.7. The van der Waals surface area contributed by atoms with Crippen LogP contribution in [0.2, 0.25) is 0 Å². The van der Waals surface area contributed by atoms with Gasteiger partial charge in [0.25, 0.3) is 0 Å². The van der Waals surface area contributed by atoms with Crippen LogP contribution in [-0.4, -0.2) is 126 Å².